The molecule has 0 aliphatic heterocycles. The Balaban J connectivity index is 1.06. The molecule has 0 unspecified atom stereocenters. The molecular formula is C24H30FN3O2. The highest BCUT2D eigenvalue weighted by Crippen LogP contribution is 2.60. The molecule has 0 radical (unpaired) electrons. The van der Waals surface area contributed by atoms with Crippen molar-refractivity contribution in [2.24, 2.45) is 23.2 Å². The van der Waals surface area contributed by atoms with Gasteiger partial charge < -0.3 is 15.6 Å². The van der Waals surface area contributed by atoms with Crippen LogP contribution in [0.2, 0.25) is 0 Å². The Kier molecular flexibility index (Phi) is 5.03. The van der Waals surface area contributed by atoms with Crippen molar-refractivity contribution in [3.63, 3.8) is 0 Å². The number of halogens is 1. The predicted molar refractivity (Wildman–Crippen MR) is 113 cm³/mol. The van der Waals surface area contributed by atoms with Gasteiger partial charge in [0.2, 0.25) is 11.8 Å². The number of aromatic nitrogens is 1. The number of hydrogen-bond acceptors (Lipinski definition) is 2. The van der Waals surface area contributed by atoms with Crippen LogP contribution in [-0.2, 0) is 16.0 Å². The van der Waals surface area contributed by atoms with Crippen molar-refractivity contribution in [1.82, 2.24) is 15.6 Å². The third-order valence-corrected chi connectivity index (χ3v) is 7.60. The summed E-state index contributed by atoms with van der Waals surface area (Å²) in [6, 6.07) is 4.67. The monoisotopic (exact) mass is 411 g/mol. The second-order valence-electron chi connectivity index (χ2n) is 9.81. The first-order valence-corrected chi connectivity index (χ1v) is 11.3. The van der Waals surface area contributed by atoms with E-state index in [1.54, 1.807) is 6.07 Å². The van der Waals surface area contributed by atoms with Gasteiger partial charge in [-0.1, -0.05) is 0 Å². The fourth-order valence-electron chi connectivity index (χ4n) is 6.65. The van der Waals surface area contributed by atoms with Crippen LogP contribution in [0, 0.1) is 29.0 Å². The lowest BCUT2D eigenvalue weighted by Crippen LogP contribution is -2.53. The fraction of sp³-hybridized carbons (Fsp3) is 0.583. The Morgan fingerprint density at radius 2 is 1.73 bits per heavy atom. The minimum atomic E-state index is -0.262. The molecule has 4 fully saturated rings. The van der Waals surface area contributed by atoms with E-state index in [1.807, 2.05) is 6.20 Å². The summed E-state index contributed by atoms with van der Waals surface area (Å²) in [5, 5.41) is 6.82. The van der Waals surface area contributed by atoms with Crippen molar-refractivity contribution in [3.05, 3.63) is 35.8 Å². The van der Waals surface area contributed by atoms with E-state index in [1.165, 1.54) is 31.4 Å². The van der Waals surface area contributed by atoms with Gasteiger partial charge in [0.05, 0.1) is 0 Å². The number of benzene rings is 1. The van der Waals surface area contributed by atoms with Gasteiger partial charge in [-0.3, -0.25) is 9.59 Å². The van der Waals surface area contributed by atoms with Crippen LogP contribution in [0.4, 0.5) is 4.39 Å². The van der Waals surface area contributed by atoms with Crippen LogP contribution in [0.1, 0.15) is 50.5 Å². The molecule has 6 heteroatoms. The minimum absolute atomic E-state index is 0.0631. The Bertz CT molecular complexity index is 931. The van der Waals surface area contributed by atoms with E-state index in [2.05, 4.69) is 15.6 Å². The highest BCUT2D eigenvalue weighted by atomic mass is 19.1. The number of amides is 2. The smallest absolute Gasteiger partial charge is 0.226 e. The van der Waals surface area contributed by atoms with Crippen LogP contribution >= 0.6 is 0 Å². The highest BCUT2D eigenvalue weighted by Gasteiger charge is 2.54. The first-order chi connectivity index (χ1) is 14.5. The van der Waals surface area contributed by atoms with Crippen molar-refractivity contribution in [3.8, 4) is 0 Å². The molecule has 0 spiro atoms. The third kappa shape index (κ3) is 3.72. The van der Waals surface area contributed by atoms with E-state index in [4.69, 9.17) is 0 Å². The van der Waals surface area contributed by atoms with Crippen LogP contribution < -0.4 is 10.6 Å². The summed E-state index contributed by atoms with van der Waals surface area (Å²) in [5.74, 6) is 2.07. The molecule has 2 amide bonds. The van der Waals surface area contributed by atoms with E-state index >= 15 is 0 Å². The van der Waals surface area contributed by atoms with Gasteiger partial charge in [0.1, 0.15) is 5.82 Å². The molecule has 4 aliphatic carbocycles. The molecule has 4 saturated carbocycles. The summed E-state index contributed by atoms with van der Waals surface area (Å²) >= 11 is 0. The molecule has 6 rings (SSSR count). The van der Waals surface area contributed by atoms with Crippen molar-refractivity contribution in [2.75, 3.05) is 13.1 Å². The summed E-state index contributed by atoms with van der Waals surface area (Å²) in [6.45, 7) is 0.885. The predicted octanol–water partition coefficient (Wildman–Crippen LogP) is 3.69. The lowest BCUT2D eigenvalue weighted by molar-refractivity contribution is -0.146. The van der Waals surface area contributed by atoms with Crippen molar-refractivity contribution >= 4 is 22.7 Å². The van der Waals surface area contributed by atoms with Crippen molar-refractivity contribution in [1.29, 1.82) is 0 Å². The van der Waals surface area contributed by atoms with Gasteiger partial charge in [-0.05, 0) is 86.5 Å². The van der Waals surface area contributed by atoms with Gasteiger partial charge in [-0.2, -0.15) is 0 Å². The lowest BCUT2D eigenvalue weighted by atomic mass is 9.49. The zero-order valence-corrected chi connectivity index (χ0v) is 17.3. The second kappa shape index (κ2) is 7.71. The summed E-state index contributed by atoms with van der Waals surface area (Å²) in [5.41, 5.74) is 1.72. The van der Waals surface area contributed by atoms with E-state index in [-0.39, 0.29) is 23.0 Å². The highest BCUT2D eigenvalue weighted by molar-refractivity contribution is 5.84. The van der Waals surface area contributed by atoms with Gasteiger partial charge in [0.25, 0.3) is 0 Å². The van der Waals surface area contributed by atoms with Gasteiger partial charge in [-0.25, -0.2) is 4.39 Å². The Morgan fingerprint density at radius 3 is 2.43 bits per heavy atom. The first kappa shape index (κ1) is 19.6. The zero-order valence-electron chi connectivity index (χ0n) is 17.3. The summed E-state index contributed by atoms with van der Waals surface area (Å²) in [7, 11) is 0. The Morgan fingerprint density at radius 1 is 1.03 bits per heavy atom. The number of carbonyl (C=O) groups excluding carboxylic acids is 2. The minimum Gasteiger partial charge on any atom is -0.361 e. The quantitative estimate of drug-likeness (QED) is 0.650. The summed E-state index contributed by atoms with van der Waals surface area (Å²) in [6.07, 6.45) is 9.87. The molecule has 1 aromatic carbocycles. The van der Waals surface area contributed by atoms with E-state index in [0.29, 0.717) is 25.9 Å². The Hall–Kier alpha value is -2.37. The summed E-state index contributed by atoms with van der Waals surface area (Å²) in [4.78, 5) is 28.2. The van der Waals surface area contributed by atoms with Gasteiger partial charge in [0, 0.05) is 42.0 Å². The molecule has 4 aliphatic rings. The van der Waals surface area contributed by atoms with Gasteiger partial charge in [-0.15, -0.1) is 0 Å². The number of fused-ring (bicyclic) bond motifs is 1. The standard InChI is InChI=1S/C24H30FN3O2/c25-19-1-2-21-20(10-19)18(14-28-21)3-5-26-22(29)4-6-27-23(30)24-11-15-7-16(12-24)9-17(8-15)13-24/h1-2,10,14-17,28H,3-9,11-13H2,(H,26,29)(H,27,30). The fourth-order valence-corrected chi connectivity index (χ4v) is 6.65. The van der Waals surface area contributed by atoms with Crippen LogP contribution in [0.3, 0.4) is 0 Å². The largest absolute Gasteiger partial charge is 0.361 e. The SMILES string of the molecule is O=C(CCNC(=O)C12CC3CC(CC(C3)C1)C2)NCCc1c[nH]c2ccc(F)cc12. The number of H-pyrrole nitrogens is 1. The molecule has 4 bridgehead atoms. The summed E-state index contributed by atoms with van der Waals surface area (Å²) < 4.78 is 13.5. The molecule has 2 aromatic rings. The second-order valence-corrected chi connectivity index (χ2v) is 9.81. The lowest BCUT2D eigenvalue weighted by Gasteiger charge is -2.55. The third-order valence-electron chi connectivity index (χ3n) is 7.60. The van der Waals surface area contributed by atoms with Crippen molar-refractivity contribution in [2.45, 2.75) is 51.4 Å². The maximum atomic E-state index is 13.5. The molecule has 1 heterocycles. The van der Waals surface area contributed by atoms with E-state index in [0.717, 1.165) is 53.5 Å². The van der Waals surface area contributed by atoms with E-state index < -0.39 is 0 Å². The molecule has 0 atom stereocenters. The average molecular weight is 412 g/mol. The van der Waals surface area contributed by atoms with Crippen molar-refractivity contribution < 1.29 is 14.0 Å². The number of carbonyl (C=O) groups is 2. The number of aromatic amines is 1. The number of rotatable bonds is 7. The van der Waals surface area contributed by atoms with Gasteiger partial charge >= 0.3 is 0 Å². The molecule has 30 heavy (non-hydrogen) atoms. The zero-order chi connectivity index (χ0) is 20.7. The van der Waals surface area contributed by atoms with Crippen LogP contribution in [-0.4, -0.2) is 29.9 Å². The Labute approximate surface area is 176 Å². The molecule has 0 saturated heterocycles. The number of nitrogens with one attached hydrogen (secondary N) is 3. The van der Waals surface area contributed by atoms with Crippen LogP contribution in [0.25, 0.3) is 10.9 Å². The molecular weight excluding hydrogens is 381 g/mol. The molecule has 160 valence electrons. The normalized spacial score (nSPS) is 29.3. The molecule has 3 N–H and O–H groups in total. The topological polar surface area (TPSA) is 74.0 Å². The van der Waals surface area contributed by atoms with Crippen LogP contribution in [0.5, 0.6) is 0 Å². The van der Waals surface area contributed by atoms with Gasteiger partial charge in [0.15, 0.2) is 0 Å². The molecule has 5 nitrogen and oxygen atoms in total. The number of hydrogen-bond donors (Lipinski definition) is 3. The van der Waals surface area contributed by atoms with E-state index in [9.17, 15) is 14.0 Å². The maximum absolute atomic E-state index is 13.5. The van der Waals surface area contributed by atoms with Crippen LogP contribution in [0.15, 0.2) is 24.4 Å². The average Bonchev–Trinajstić information content (AvgIpc) is 3.09. The first-order valence-electron chi connectivity index (χ1n) is 11.3. The molecule has 1 aromatic heterocycles. The maximum Gasteiger partial charge on any atom is 0.226 e.